The van der Waals surface area contributed by atoms with Crippen LogP contribution in [0.2, 0.25) is 0 Å². The van der Waals surface area contributed by atoms with Gasteiger partial charge in [0.25, 0.3) is 0 Å². The van der Waals surface area contributed by atoms with Crippen molar-refractivity contribution in [1.82, 2.24) is 20.5 Å². The molecule has 0 amide bonds. The first kappa shape index (κ1) is 20.2. The van der Waals surface area contributed by atoms with Gasteiger partial charge in [-0.3, -0.25) is 9.89 Å². The number of hydrogen-bond acceptors (Lipinski definition) is 4. The summed E-state index contributed by atoms with van der Waals surface area (Å²) in [6.45, 7) is 3.65. The summed E-state index contributed by atoms with van der Waals surface area (Å²) in [5.74, 6) is 1.40. The monoisotopic (exact) mass is 403 g/mol. The Labute approximate surface area is 178 Å². The molecule has 1 aliphatic heterocycles. The Morgan fingerprint density at radius 1 is 1.03 bits per heavy atom. The molecule has 2 N–H and O–H groups in total. The van der Waals surface area contributed by atoms with Crippen LogP contribution in [0.4, 0.5) is 0 Å². The molecule has 0 spiro atoms. The van der Waals surface area contributed by atoms with E-state index in [0.717, 1.165) is 36.9 Å². The maximum atomic E-state index is 5.62. The Bertz CT molecular complexity index is 932. The zero-order chi connectivity index (χ0) is 20.6. The molecule has 6 nitrogen and oxygen atoms in total. The largest absolute Gasteiger partial charge is 0.444 e. The molecule has 0 saturated carbocycles. The van der Waals surface area contributed by atoms with E-state index in [0.29, 0.717) is 18.5 Å². The fourth-order valence-electron chi connectivity index (χ4n) is 3.88. The van der Waals surface area contributed by atoms with Crippen LogP contribution in [0.1, 0.15) is 30.1 Å². The number of nitrogens with zero attached hydrogens (tertiary/aromatic N) is 3. The highest BCUT2D eigenvalue weighted by molar-refractivity contribution is 5.79. The number of guanidine groups is 1. The van der Waals surface area contributed by atoms with Crippen molar-refractivity contribution >= 4 is 5.96 Å². The molecule has 2 heterocycles. The zero-order valence-electron chi connectivity index (χ0n) is 17.4. The molecule has 3 aromatic rings. The summed E-state index contributed by atoms with van der Waals surface area (Å²) in [5, 5.41) is 6.84. The van der Waals surface area contributed by atoms with Gasteiger partial charge in [-0.05, 0) is 43.6 Å². The van der Waals surface area contributed by atoms with Gasteiger partial charge in [-0.2, -0.15) is 0 Å². The third kappa shape index (κ3) is 5.07. The van der Waals surface area contributed by atoms with Crippen LogP contribution in [-0.2, 0) is 6.54 Å². The van der Waals surface area contributed by atoms with Crippen molar-refractivity contribution in [2.75, 3.05) is 26.7 Å². The lowest BCUT2D eigenvalue weighted by Gasteiger charge is -2.28. The lowest BCUT2D eigenvalue weighted by molar-refractivity contribution is 0.245. The fraction of sp³-hybridized carbons (Fsp3) is 0.333. The molecule has 0 aliphatic carbocycles. The van der Waals surface area contributed by atoms with Crippen molar-refractivity contribution in [3.63, 3.8) is 0 Å². The van der Waals surface area contributed by atoms with E-state index < -0.39 is 0 Å². The number of benzene rings is 2. The van der Waals surface area contributed by atoms with Gasteiger partial charge in [0.2, 0.25) is 5.89 Å². The number of nitrogens with one attached hydrogen (secondary N) is 2. The zero-order valence-corrected chi connectivity index (χ0v) is 17.4. The van der Waals surface area contributed by atoms with E-state index in [1.54, 1.807) is 13.3 Å². The lowest BCUT2D eigenvalue weighted by atomic mass is 10.1. The average Bonchev–Trinajstić information content (AvgIpc) is 3.50. The molecule has 6 heteroatoms. The first-order valence-corrected chi connectivity index (χ1v) is 10.6. The van der Waals surface area contributed by atoms with Crippen LogP contribution in [0.15, 0.2) is 76.3 Å². The first-order valence-electron chi connectivity index (χ1n) is 10.6. The molecule has 1 saturated heterocycles. The Balaban J connectivity index is 1.34. The van der Waals surface area contributed by atoms with E-state index in [-0.39, 0.29) is 0 Å². The summed E-state index contributed by atoms with van der Waals surface area (Å²) in [4.78, 5) is 11.5. The number of aliphatic imine (C=N–C) groups is 1. The average molecular weight is 404 g/mol. The molecule has 4 rings (SSSR count). The summed E-state index contributed by atoms with van der Waals surface area (Å²) in [5.41, 5.74) is 3.16. The molecule has 2 aromatic carbocycles. The molecule has 1 fully saturated rings. The second-order valence-corrected chi connectivity index (χ2v) is 7.49. The van der Waals surface area contributed by atoms with Crippen LogP contribution >= 0.6 is 0 Å². The minimum Gasteiger partial charge on any atom is -0.444 e. The quantitative estimate of drug-likeness (QED) is 0.463. The molecule has 156 valence electrons. The van der Waals surface area contributed by atoms with Gasteiger partial charge < -0.3 is 15.1 Å². The molecular formula is C24H29N5O. The van der Waals surface area contributed by atoms with E-state index >= 15 is 0 Å². The predicted molar refractivity (Wildman–Crippen MR) is 120 cm³/mol. The van der Waals surface area contributed by atoms with Gasteiger partial charge in [-0.25, -0.2) is 4.98 Å². The summed E-state index contributed by atoms with van der Waals surface area (Å²) in [6.07, 6.45) is 4.23. The number of hydrogen-bond donors (Lipinski definition) is 2. The highest BCUT2D eigenvalue weighted by atomic mass is 16.3. The van der Waals surface area contributed by atoms with Crippen molar-refractivity contribution in [3.8, 4) is 11.5 Å². The molecule has 1 atom stereocenters. The Morgan fingerprint density at radius 3 is 2.43 bits per heavy atom. The third-order valence-corrected chi connectivity index (χ3v) is 5.46. The second-order valence-electron chi connectivity index (χ2n) is 7.49. The Morgan fingerprint density at radius 2 is 1.73 bits per heavy atom. The predicted octanol–water partition coefficient (Wildman–Crippen LogP) is 3.84. The van der Waals surface area contributed by atoms with Gasteiger partial charge in [0.1, 0.15) is 6.26 Å². The van der Waals surface area contributed by atoms with Crippen molar-refractivity contribution in [3.05, 3.63) is 78.2 Å². The Kier molecular flexibility index (Phi) is 6.77. The van der Waals surface area contributed by atoms with Crippen LogP contribution in [0.3, 0.4) is 0 Å². The molecule has 0 bridgehead atoms. The van der Waals surface area contributed by atoms with Gasteiger partial charge in [0.15, 0.2) is 5.96 Å². The highest BCUT2D eigenvalue weighted by Gasteiger charge is 2.23. The van der Waals surface area contributed by atoms with Crippen LogP contribution in [0.5, 0.6) is 0 Å². The van der Waals surface area contributed by atoms with Gasteiger partial charge in [0.05, 0.1) is 18.3 Å². The number of aromatic nitrogens is 1. The van der Waals surface area contributed by atoms with E-state index in [1.807, 2.05) is 30.3 Å². The van der Waals surface area contributed by atoms with E-state index in [4.69, 9.17) is 4.42 Å². The van der Waals surface area contributed by atoms with Crippen LogP contribution in [0.25, 0.3) is 11.5 Å². The highest BCUT2D eigenvalue weighted by Crippen LogP contribution is 2.24. The maximum absolute atomic E-state index is 5.62. The summed E-state index contributed by atoms with van der Waals surface area (Å²) >= 11 is 0. The second kappa shape index (κ2) is 10.1. The molecule has 0 radical (unpaired) electrons. The minimum atomic E-state index is 0.337. The summed E-state index contributed by atoms with van der Waals surface area (Å²) in [6, 6.07) is 21.0. The van der Waals surface area contributed by atoms with Crippen molar-refractivity contribution in [1.29, 1.82) is 0 Å². The van der Waals surface area contributed by atoms with Crippen molar-refractivity contribution < 1.29 is 4.42 Å². The third-order valence-electron chi connectivity index (χ3n) is 5.46. The van der Waals surface area contributed by atoms with Gasteiger partial charge in [0, 0.05) is 19.2 Å². The molecule has 1 aromatic heterocycles. The Hall–Kier alpha value is -3.12. The van der Waals surface area contributed by atoms with E-state index in [9.17, 15) is 0 Å². The van der Waals surface area contributed by atoms with Crippen LogP contribution in [0, 0.1) is 0 Å². The fourth-order valence-corrected chi connectivity index (χ4v) is 3.88. The van der Waals surface area contributed by atoms with Gasteiger partial charge >= 0.3 is 0 Å². The van der Waals surface area contributed by atoms with Gasteiger partial charge in [-0.1, -0.05) is 48.5 Å². The standard InChI is InChI=1S/C24H29N5O/c1-25-24(26-16-21-18-30-23(28-21)20-12-6-3-7-13-20)27-17-22(29-14-8-9-15-29)19-10-4-2-5-11-19/h2-7,10-13,18,22H,8-9,14-17H2,1H3,(H2,25,26,27). The number of oxazole rings is 1. The smallest absolute Gasteiger partial charge is 0.226 e. The van der Waals surface area contributed by atoms with Gasteiger partial charge in [-0.15, -0.1) is 0 Å². The number of rotatable bonds is 7. The maximum Gasteiger partial charge on any atom is 0.226 e. The van der Waals surface area contributed by atoms with E-state index in [2.05, 4.69) is 55.8 Å². The molecule has 1 unspecified atom stereocenters. The molecule has 30 heavy (non-hydrogen) atoms. The van der Waals surface area contributed by atoms with E-state index in [1.165, 1.54) is 18.4 Å². The first-order chi connectivity index (χ1) is 14.8. The SMILES string of the molecule is CN=C(NCc1coc(-c2ccccc2)n1)NCC(c1ccccc1)N1CCCC1. The molecule has 1 aliphatic rings. The van der Waals surface area contributed by atoms with Crippen molar-refractivity contribution in [2.45, 2.75) is 25.4 Å². The summed E-state index contributed by atoms with van der Waals surface area (Å²) in [7, 11) is 1.79. The minimum absolute atomic E-state index is 0.337. The summed E-state index contributed by atoms with van der Waals surface area (Å²) < 4.78 is 5.62. The van der Waals surface area contributed by atoms with Crippen LogP contribution in [-0.4, -0.2) is 42.5 Å². The number of likely N-dealkylation sites (tertiary alicyclic amines) is 1. The van der Waals surface area contributed by atoms with Crippen LogP contribution < -0.4 is 10.6 Å². The molecular weight excluding hydrogens is 374 g/mol. The normalized spacial score (nSPS) is 15.8. The topological polar surface area (TPSA) is 65.7 Å². The lowest BCUT2D eigenvalue weighted by Crippen LogP contribution is -2.42. The van der Waals surface area contributed by atoms with Crippen molar-refractivity contribution in [2.24, 2.45) is 4.99 Å².